The van der Waals surface area contributed by atoms with Gasteiger partial charge in [0.05, 0.1) is 19.0 Å². The summed E-state index contributed by atoms with van der Waals surface area (Å²) >= 11 is 0. The fourth-order valence-electron chi connectivity index (χ4n) is 2.20. The zero-order valence-electron chi connectivity index (χ0n) is 13.4. The van der Waals surface area contributed by atoms with Crippen LogP contribution in [0.3, 0.4) is 0 Å². The molecule has 0 spiro atoms. The van der Waals surface area contributed by atoms with Crippen LogP contribution in [0.15, 0.2) is 55.6 Å². The molecule has 0 saturated carbocycles. The normalized spacial score (nSPS) is 12.7. The number of imidazole rings is 1. The SMILES string of the molecule is C=C[C@H](Cn1cnc2c(N)ncnc21)OC[P+](=O)Oc1ccccc1. The topological polar surface area (TPSA) is 105 Å². The Morgan fingerprint density at radius 2 is 2.08 bits per heavy atom. The first-order chi connectivity index (χ1) is 12.2. The molecule has 0 bridgehead atoms. The van der Waals surface area contributed by atoms with Crippen molar-refractivity contribution in [2.24, 2.45) is 0 Å². The summed E-state index contributed by atoms with van der Waals surface area (Å²) in [6.07, 6.45) is 4.18. The Hall–Kier alpha value is -2.83. The Labute approximate surface area is 145 Å². The van der Waals surface area contributed by atoms with Crippen LogP contribution in [0.25, 0.3) is 11.2 Å². The van der Waals surface area contributed by atoms with Crippen molar-refractivity contribution in [3.8, 4) is 5.75 Å². The van der Waals surface area contributed by atoms with E-state index >= 15 is 0 Å². The molecule has 0 aliphatic heterocycles. The van der Waals surface area contributed by atoms with E-state index in [4.69, 9.17) is 15.0 Å². The number of nitrogens with two attached hydrogens (primary N) is 1. The second-order valence-corrected chi connectivity index (χ2v) is 6.24. The number of para-hydroxylation sites is 1. The molecule has 3 rings (SSSR count). The predicted molar refractivity (Wildman–Crippen MR) is 94.3 cm³/mol. The van der Waals surface area contributed by atoms with Gasteiger partial charge in [-0.15, -0.1) is 6.58 Å². The van der Waals surface area contributed by atoms with Crippen LogP contribution < -0.4 is 10.3 Å². The van der Waals surface area contributed by atoms with Gasteiger partial charge in [-0.25, -0.2) is 15.0 Å². The average molecular weight is 358 g/mol. The lowest BCUT2D eigenvalue weighted by molar-refractivity contribution is 0.107. The molecular weight excluding hydrogens is 341 g/mol. The Morgan fingerprint density at radius 3 is 2.84 bits per heavy atom. The van der Waals surface area contributed by atoms with Crippen molar-refractivity contribution in [2.75, 3.05) is 12.1 Å². The summed E-state index contributed by atoms with van der Waals surface area (Å²) < 4.78 is 24.7. The number of aromatic nitrogens is 4. The van der Waals surface area contributed by atoms with Crippen LogP contribution >= 0.6 is 8.03 Å². The van der Waals surface area contributed by atoms with Gasteiger partial charge in [-0.1, -0.05) is 24.3 Å². The molecule has 2 N–H and O–H groups in total. The molecule has 1 unspecified atom stereocenters. The van der Waals surface area contributed by atoms with Crippen molar-refractivity contribution in [1.29, 1.82) is 0 Å². The van der Waals surface area contributed by atoms with Crippen molar-refractivity contribution in [1.82, 2.24) is 19.5 Å². The van der Waals surface area contributed by atoms with Crippen molar-refractivity contribution in [2.45, 2.75) is 12.6 Å². The van der Waals surface area contributed by atoms with Crippen LogP contribution in [0.2, 0.25) is 0 Å². The van der Waals surface area contributed by atoms with Gasteiger partial charge >= 0.3 is 8.03 Å². The molecule has 2 heterocycles. The number of hydrogen-bond donors (Lipinski definition) is 1. The van der Waals surface area contributed by atoms with Crippen molar-refractivity contribution >= 4 is 25.0 Å². The standard InChI is InChI=1S/C16H17N5O3P/c1-2-12(23-11-25(22)24-13-6-4-3-5-7-13)8-21-10-20-14-15(17)18-9-19-16(14)21/h2-7,9-10,12H,1,8,11H2,(H2,17,18,19)/q+1/t12-/m1/s1. The van der Waals surface area contributed by atoms with Crippen molar-refractivity contribution < 1.29 is 13.8 Å². The maximum atomic E-state index is 12.0. The first-order valence-electron chi connectivity index (χ1n) is 7.50. The number of benzene rings is 1. The molecule has 8 nitrogen and oxygen atoms in total. The fraction of sp³-hybridized carbons (Fsp3) is 0.188. The molecule has 3 aromatic rings. The zero-order chi connectivity index (χ0) is 17.6. The third kappa shape index (κ3) is 4.17. The summed E-state index contributed by atoms with van der Waals surface area (Å²) in [5, 5.41) is 0. The largest absolute Gasteiger partial charge is 0.585 e. The van der Waals surface area contributed by atoms with E-state index in [1.165, 1.54) is 6.33 Å². The number of nitrogen functional groups attached to an aromatic ring is 1. The number of ether oxygens (including phenoxy) is 1. The monoisotopic (exact) mass is 358 g/mol. The van der Waals surface area contributed by atoms with E-state index in [9.17, 15) is 4.57 Å². The smallest absolute Gasteiger partial charge is 0.382 e. The molecule has 0 aliphatic rings. The van der Waals surface area contributed by atoms with Crippen LogP contribution in [-0.2, 0) is 15.8 Å². The quantitative estimate of drug-likeness (QED) is 0.487. The van der Waals surface area contributed by atoms with E-state index in [2.05, 4.69) is 21.5 Å². The van der Waals surface area contributed by atoms with Crippen LogP contribution in [0.1, 0.15) is 0 Å². The van der Waals surface area contributed by atoms with E-state index in [0.717, 1.165) is 0 Å². The number of rotatable bonds is 8. The minimum atomic E-state index is -1.99. The highest BCUT2D eigenvalue weighted by Gasteiger charge is 2.22. The van der Waals surface area contributed by atoms with Gasteiger partial charge in [0.1, 0.15) is 11.8 Å². The second-order valence-electron chi connectivity index (χ2n) is 5.14. The fourth-order valence-corrected chi connectivity index (χ4v) is 2.93. The van der Waals surface area contributed by atoms with Gasteiger partial charge in [0.15, 0.2) is 17.2 Å². The lowest BCUT2D eigenvalue weighted by atomic mass is 10.3. The van der Waals surface area contributed by atoms with Crippen LogP contribution in [0.5, 0.6) is 5.75 Å². The Kier molecular flexibility index (Phi) is 5.33. The second kappa shape index (κ2) is 7.83. The molecule has 0 amide bonds. The number of fused-ring (bicyclic) bond motifs is 1. The molecular formula is C16H17N5O3P+. The number of hydrogen-bond acceptors (Lipinski definition) is 7. The molecule has 1 aromatic carbocycles. The van der Waals surface area contributed by atoms with Gasteiger partial charge < -0.3 is 15.0 Å². The molecule has 0 radical (unpaired) electrons. The van der Waals surface area contributed by atoms with Crippen LogP contribution in [0, 0.1) is 0 Å². The summed E-state index contributed by atoms with van der Waals surface area (Å²) in [5.74, 6) is 0.856. The third-order valence-electron chi connectivity index (χ3n) is 3.41. The first kappa shape index (κ1) is 17.0. The summed E-state index contributed by atoms with van der Waals surface area (Å²) in [6.45, 7) is 4.16. The Bertz CT molecular complexity index is 884. The molecule has 9 heteroatoms. The summed E-state index contributed by atoms with van der Waals surface area (Å²) in [5.41, 5.74) is 6.91. The predicted octanol–water partition coefficient (Wildman–Crippen LogP) is 2.76. The van der Waals surface area contributed by atoms with E-state index in [0.29, 0.717) is 29.3 Å². The van der Waals surface area contributed by atoms with Gasteiger partial charge in [-0.3, -0.25) is 4.52 Å². The van der Waals surface area contributed by atoms with E-state index in [-0.39, 0.29) is 12.5 Å². The summed E-state index contributed by atoms with van der Waals surface area (Å²) in [7, 11) is -1.99. The zero-order valence-corrected chi connectivity index (χ0v) is 14.3. The molecule has 2 atom stereocenters. The minimum Gasteiger partial charge on any atom is -0.382 e. The highest BCUT2D eigenvalue weighted by Crippen LogP contribution is 2.27. The summed E-state index contributed by atoms with van der Waals surface area (Å²) in [6, 6.07) is 8.95. The summed E-state index contributed by atoms with van der Waals surface area (Å²) in [4.78, 5) is 12.3. The lowest BCUT2D eigenvalue weighted by Crippen LogP contribution is -2.17. The molecule has 0 saturated heterocycles. The van der Waals surface area contributed by atoms with E-state index < -0.39 is 8.03 Å². The van der Waals surface area contributed by atoms with Crippen LogP contribution in [0.4, 0.5) is 5.82 Å². The minimum absolute atomic E-state index is 0.0509. The van der Waals surface area contributed by atoms with Gasteiger partial charge in [0, 0.05) is 0 Å². The number of nitrogens with zero attached hydrogens (tertiary/aromatic N) is 4. The highest BCUT2D eigenvalue weighted by atomic mass is 31.1. The molecule has 25 heavy (non-hydrogen) atoms. The highest BCUT2D eigenvalue weighted by molar-refractivity contribution is 7.39. The van der Waals surface area contributed by atoms with Gasteiger partial charge in [-0.05, 0) is 16.7 Å². The number of anilines is 1. The maximum absolute atomic E-state index is 12.0. The Morgan fingerprint density at radius 1 is 1.28 bits per heavy atom. The molecule has 2 aromatic heterocycles. The Balaban J connectivity index is 1.60. The lowest BCUT2D eigenvalue weighted by Gasteiger charge is -2.11. The van der Waals surface area contributed by atoms with E-state index in [1.807, 2.05) is 18.2 Å². The molecule has 0 fully saturated rings. The van der Waals surface area contributed by atoms with Crippen molar-refractivity contribution in [3.05, 3.63) is 55.6 Å². The molecule has 128 valence electrons. The van der Waals surface area contributed by atoms with Crippen LogP contribution in [-0.4, -0.2) is 32.0 Å². The first-order valence-corrected chi connectivity index (χ1v) is 8.87. The third-order valence-corrected chi connectivity index (χ3v) is 4.19. The van der Waals surface area contributed by atoms with Gasteiger partial charge in [0.25, 0.3) is 6.35 Å². The van der Waals surface area contributed by atoms with E-state index in [1.54, 1.807) is 29.1 Å². The average Bonchev–Trinajstić information content (AvgIpc) is 3.04. The van der Waals surface area contributed by atoms with Crippen molar-refractivity contribution in [3.63, 3.8) is 0 Å². The molecule has 0 aliphatic carbocycles. The maximum Gasteiger partial charge on any atom is 0.585 e. The van der Waals surface area contributed by atoms with Gasteiger partial charge in [-0.2, -0.15) is 0 Å². The van der Waals surface area contributed by atoms with Gasteiger partial charge in [0.2, 0.25) is 0 Å².